The maximum Gasteiger partial charge on any atom is 0.242 e. The molecule has 0 radical (unpaired) electrons. The van der Waals surface area contributed by atoms with Crippen molar-refractivity contribution in [2.24, 2.45) is 0 Å². The van der Waals surface area contributed by atoms with Gasteiger partial charge in [-0.3, -0.25) is 13.9 Å². The number of hydrogen-bond acceptors (Lipinski definition) is 4. The lowest BCUT2D eigenvalue weighted by Gasteiger charge is -2.30. The zero-order chi connectivity index (χ0) is 26.2. The van der Waals surface area contributed by atoms with Gasteiger partial charge >= 0.3 is 0 Å². The van der Waals surface area contributed by atoms with E-state index in [0.717, 1.165) is 17.0 Å². The lowest BCUT2D eigenvalue weighted by atomic mass is 10.1. The number of anilines is 1. The highest BCUT2D eigenvalue weighted by Gasteiger charge is 2.27. The van der Waals surface area contributed by atoms with Crippen molar-refractivity contribution in [2.75, 3.05) is 17.1 Å². The fraction of sp³-hybridized carbons (Fsp3) is 0.440. The first-order valence-electron chi connectivity index (χ1n) is 11.5. The third kappa shape index (κ3) is 8.61. The second-order valence-corrected chi connectivity index (χ2v) is 10.5. The molecule has 0 spiro atoms. The first-order chi connectivity index (χ1) is 16.4. The Morgan fingerprint density at radius 3 is 2.03 bits per heavy atom. The van der Waals surface area contributed by atoms with Crippen LogP contribution in [0.15, 0.2) is 48.5 Å². The second kappa shape index (κ2) is 12.6. The number of sulfonamides is 1. The van der Waals surface area contributed by atoms with Gasteiger partial charge in [-0.05, 0) is 68.7 Å². The highest BCUT2D eigenvalue weighted by molar-refractivity contribution is 7.92. The standard InChI is InChI=1S/C25H33F2N3O4S/c1-5-18(2)28-25(32)19(3)29(17-20-8-10-21(26)11-9-20)24(31)7-6-16-30(35(4,33)34)23-14-12-22(27)13-15-23/h8-15,18-19H,5-7,16-17H2,1-4H3,(H,28,32)/t18-,19-/m0/s1. The Morgan fingerprint density at radius 1 is 0.971 bits per heavy atom. The Bertz CT molecular complexity index is 1090. The number of benzene rings is 2. The van der Waals surface area contributed by atoms with E-state index in [2.05, 4.69) is 5.32 Å². The number of amides is 2. The normalized spacial score (nSPS) is 13.1. The topological polar surface area (TPSA) is 86.8 Å². The third-order valence-corrected chi connectivity index (χ3v) is 6.90. The molecule has 192 valence electrons. The summed E-state index contributed by atoms with van der Waals surface area (Å²) in [6.07, 6.45) is 1.94. The Hall–Kier alpha value is -3.01. The third-order valence-electron chi connectivity index (χ3n) is 5.70. The summed E-state index contributed by atoms with van der Waals surface area (Å²) in [6, 6.07) is 9.88. The van der Waals surface area contributed by atoms with E-state index in [9.17, 15) is 26.8 Å². The van der Waals surface area contributed by atoms with Crippen molar-refractivity contribution in [3.8, 4) is 0 Å². The van der Waals surface area contributed by atoms with E-state index in [1.165, 1.54) is 41.3 Å². The van der Waals surface area contributed by atoms with Crippen LogP contribution in [0.4, 0.5) is 14.5 Å². The summed E-state index contributed by atoms with van der Waals surface area (Å²) < 4.78 is 52.3. The Kier molecular flexibility index (Phi) is 10.2. The summed E-state index contributed by atoms with van der Waals surface area (Å²) in [5.74, 6) is -1.54. The molecule has 0 aliphatic carbocycles. The molecule has 0 unspecified atom stereocenters. The molecule has 0 saturated heterocycles. The zero-order valence-corrected chi connectivity index (χ0v) is 21.3. The van der Waals surface area contributed by atoms with Crippen LogP contribution in [0.5, 0.6) is 0 Å². The van der Waals surface area contributed by atoms with Crippen molar-refractivity contribution in [2.45, 2.75) is 58.7 Å². The minimum absolute atomic E-state index is 0.00798. The maximum absolute atomic E-state index is 13.3. The van der Waals surface area contributed by atoms with E-state index < -0.39 is 27.7 Å². The lowest BCUT2D eigenvalue weighted by molar-refractivity contribution is -0.140. The second-order valence-electron chi connectivity index (χ2n) is 8.56. The van der Waals surface area contributed by atoms with Crippen LogP contribution in [0.1, 0.15) is 45.6 Å². The highest BCUT2D eigenvalue weighted by atomic mass is 32.2. The van der Waals surface area contributed by atoms with Crippen LogP contribution < -0.4 is 9.62 Å². The van der Waals surface area contributed by atoms with Crippen molar-refractivity contribution >= 4 is 27.5 Å². The minimum Gasteiger partial charge on any atom is -0.352 e. The molecule has 2 aromatic rings. The van der Waals surface area contributed by atoms with Gasteiger partial charge in [0.05, 0.1) is 11.9 Å². The molecule has 2 atom stereocenters. The predicted molar refractivity (Wildman–Crippen MR) is 132 cm³/mol. The number of hydrogen-bond donors (Lipinski definition) is 1. The van der Waals surface area contributed by atoms with Crippen LogP contribution in [-0.4, -0.2) is 50.0 Å². The van der Waals surface area contributed by atoms with E-state index in [1.54, 1.807) is 19.1 Å². The van der Waals surface area contributed by atoms with E-state index in [-0.39, 0.29) is 43.8 Å². The quantitative estimate of drug-likeness (QED) is 0.471. The highest BCUT2D eigenvalue weighted by Crippen LogP contribution is 2.20. The molecule has 2 rings (SSSR count). The number of nitrogens with one attached hydrogen (secondary N) is 1. The van der Waals surface area contributed by atoms with Crippen LogP contribution in [0.2, 0.25) is 0 Å². The van der Waals surface area contributed by atoms with Crippen LogP contribution in [0.3, 0.4) is 0 Å². The molecular formula is C25H33F2N3O4S. The van der Waals surface area contributed by atoms with Crippen LogP contribution in [0.25, 0.3) is 0 Å². The average Bonchev–Trinajstić information content (AvgIpc) is 2.80. The minimum atomic E-state index is -3.66. The number of rotatable bonds is 12. The van der Waals surface area contributed by atoms with Gasteiger partial charge in [-0.15, -0.1) is 0 Å². The SMILES string of the molecule is CC[C@H](C)NC(=O)[C@H](C)N(Cc1ccc(F)cc1)C(=O)CCCN(c1ccc(F)cc1)S(C)(=O)=O. The number of nitrogens with zero attached hydrogens (tertiary/aromatic N) is 2. The average molecular weight is 510 g/mol. The van der Waals surface area contributed by atoms with E-state index in [0.29, 0.717) is 11.3 Å². The Balaban J connectivity index is 2.15. The Labute approximate surface area is 206 Å². The largest absolute Gasteiger partial charge is 0.352 e. The molecule has 0 fully saturated rings. The molecule has 35 heavy (non-hydrogen) atoms. The molecular weight excluding hydrogens is 476 g/mol. The Morgan fingerprint density at radius 2 is 1.51 bits per heavy atom. The fourth-order valence-corrected chi connectivity index (χ4v) is 4.41. The van der Waals surface area contributed by atoms with Crippen molar-refractivity contribution in [1.29, 1.82) is 0 Å². The van der Waals surface area contributed by atoms with Gasteiger partial charge in [-0.2, -0.15) is 0 Å². The summed E-state index contributed by atoms with van der Waals surface area (Å²) in [4.78, 5) is 27.3. The summed E-state index contributed by atoms with van der Waals surface area (Å²) in [5.41, 5.74) is 0.956. The summed E-state index contributed by atoms with van der Waals surface area (Å²) in [7, 11) is -3.66. The van der Waals surface area contributed by atoms with Crippen molar-refractivity contribution in [3.05, 3.63) is 65.7 Å². The van der Waals surface area contributed by atoms with E-state index in [4.69, 9.17) is 0 Å². The molecule has 0 saturated carbocycles. The van der Waals surface area contributed by atoms with Gasteiger partial charge in [0.1, 0.15) is 17.7 Å². The smallest absolute Gasteiger partial charge is 0.242 e. The lowest BCUT2D eigenvalue weighted by Crippen LogP contribution is -2.49. The van der Waals surface area contributed by atoms with Gasteiger partial charge < -0.3 is 10.2 Å². The first-order valence-corrected chi connectivity index (χ1v) is 13.3. The van der Waals surface area contributed by atoms with Gasteiger partial charge in [-0.1, -0.05) is 19.1 Å². The molecule has 2 aromatic carbocycles. The van der Waals surface area contributed by atoms with Crippen LogP contribution in [-0.2, 0) is 26.2 Å². The summed E-state index contributed by atoms with van der Waals surface area (Å²) in [5, 5.41) is 2.87. The molecule has 0 aliphatic rings. The number of carbonyl (C=O) groups is 2. The fourth-order valence-electron chi connectivity index (χ4n) is 3.45. The van der Waals surface area contributed by atoms with Crippen molar-refractivity contribution in [1.82, 2.24) is 10.2 Å². The zero-order valence-electron chi connectivity index (χ0n) is 20.5. The van der Waals surface area contributed by atoms with E-state index >= 15 is 0 Å². The molecule has 0 bridgehead atoms. The monoisotopic (exact) mass is 509 g/mol. The molecule has 10 heteroatoms. The molecule has 1 N–H and O–H groups in total. The van der Waals surface area contributed by atoms with Gasteiger partial charge in [-0.25, -0.2) is 17.2 Å². The van der Waals surface area contributed by atoms with Gasteiger partial charge in [0.25, 0.3) is 0 Å². The first kappa shape index (κ1) is 28.2. The van der Waals surface area contributed by atoms with E-state index in [1.807, 2.05) is 13.8 Å². The molecule has 0 aliphatic heterocycles. The van der Waals surface area contributed by atoms with Crippen molar-refractivity contribution in [3.63, 3.8) is 0 Å². The number of halogens is 2. The predicted octanol–water partition coefficient (Wildman–Crippen LogP) is 3.84. The number of carbonyl (C=O) groups excluding carboxylic acids is 2. The van der Waals surface area contributed by atoms with Crippen LogP contribution in [0, 0.1) is 11.6 Å². The van der Waals surface area contributed by atoms with Gasteiger partial charge in [0.15, 0.2) is 0 Å². The maximum atomic E-state index is 13.3. The summed E-state index contributed by atoms with van der Waals surface area (Å²) >= 11 is 0. The van der Waals surface area contributed by atoms with Gasteiger partial charge in [0, 0.05) is 25.6 Å². The molecule has 7 nitrogen and oxygen atoms in total. The van der Waals surface area contributed by atoms with Crippen molar-refractivity contribution < 1.29 is 26.8 Å². The molecule has 2 amide bonds. The summed E-state index contributed by atoms with van der Waals surface area (Å²) in [6.45, 7) is 5.54. The van der Waals surface area contributed by atoms with Crippen LogP contribution >= 0.6 is 0 Å². The molecule has 0 heterocycles. The van der Waals surface area contributed by atoms with Gasteiger partial charge in [0.2, 0.25) is 21.8 Å². The molecule has 0 aromatic heterocycles.